The SMILES string of the molecule is Cc1cccc(C(NN)C2(c3ccccc3)CC2)c1C. The Labute approximate surface area is 121 Å². The van der Waals surface area contributed by atoms with Crippen LogP contribution in [0.15, 0.2) is 48.5 Å². The molecule has 1 aliphatic carbocycles. The predicted molar refractivity (Wildman–Crippen MR) is 83.3 cm³/mol. The zero-order valence-corrected chi connectivity index (χ0v) is 12.2. The Hall–Kier alpha value is -1.64. The van der Waals surface area contributed by atoms with Gasteiger partial charge in [0.2, 0.25) is 0 Å². The van der Waals surface area contributed by atoms with E-state index in [0.29, 0.717) is 0 Å². The number of rotatable bonds is 4. The highest BCUT2D eigenvalue weighted by Crippen LogP contribution is 2.56. The van der Waals surface area contributed by atoms with Crippen molar-refractivity contribution in [3.63, 3.8) is 0 Å². The summed E-state index contributed by atoms with van der Waals surface area (Å²) in [7, 11) is 0. The molecule has 0 saturated heterocycles. The highest BCUT2D eigenvalue weighted by molar-refractivity contribution is 5.43. The molecule has 1 saturated carbocycles. The Balaban J connectivity index is 2.05. The van der Waals surface area contributed by atoms with Gasteiger partial charge in [0.25, 0.3) is 0 Å². The average molecular weight is 266 g/mol. The average Bonchev–Trinajstić information content (AvgIpc) is 3.27. The van der Waals surface area contributed by atoms with Crippen molar-refractivity contribution in [2.75, 3.05) is 0 Å². The second kappa shape index (κ2) is 5.04. The molecule has 0 heterocycles. The van der Waals surface area contributed by atoms with E-state index in [4.69, 9.17) is 5.84 Å². The minimum atomic E-state index is 0.161. The topological polar surface area (TPSA) is 38.0 Å². The van der Waals surface area contributed by atoms with Crippen molar-refractivity contribution < 1.29 is 0 Å². The van der Waals surface area contributed by atoms with Crippen molar-refractivity contribution in [2.45, 2.75) is 38.1 Å². The van der Waals surface area contributed by atoms with Crippen molar-refractivity contribution in [1.29, 1.82) is 0 Å². The van der Waals surface area contributed by atoms with Crippen LogP contribution < -0.4 is 11.3 Å². The van der Waals surface area contributed by atoms with E-state index in [2.05, 4.69) is 67.8 Å². The first kappa shape index (κ1) is 13.3. The molecule has 2 aromatic carbocycles. The first-order valence-electron chi connectivity index (χ1n) is 7.27. The van der Waals surface area contributed by atoms with Crippen LogP contribution in [0, 0.1) is 13.8 Å². The standard InChI is InChI=1S/C18H22N2/c1-13-7-6-10-16(14(13)2)17(20-19)18(11-12-18)15-8-4-3-5-9-15/h3-10,17,20H,11-12,19H2,1-2H3. The van der Waals surface area contributed by atoms with Gasteiger partial charge in [-0.1, -0.05) is 48.5 Å². The maximum Gasteiger partial charge on any atom is 0.0559 e. The molecule has 0 amide bonds. The lowest BCUT2D eigenvalue weighted by Crippen LogP contribution is -2.37. The smallest absolute Gasteiger partial charge is 0.0559 e. The summed E-state index contributed by atoms with van der Waals surface area (Å²) in [5.74, 6) is 5.94. The van der Waals surface area contributed by atoms with Crippen LogP contribution in [0.5, 0.6) is 0 Å². The van der Waals surface area contributed by atoms with E-state index in [1.54, 1.807) is 0 Å². The van der Waals surface area contributed by atoms with Gasteiger partial charge in [-0.15, -0.1) is 0 Å². The number of aryl methyl sites for hydroxylation is 1. The monoisotopic (exact) mass is 266 g/mol. The second-order valence-electron chi connectivity index (χ2n) is 5.91. The summed E-state index contributed by atoms with van der Waals surface area (Å²) in [5, 5.41) is 0. The maximum atomic E-state index is 5.94. The van der Waals surface area contributed by atoms with E-state index < -0.39 is 0 Å². The zero-order chi connectivity index (χ0) is 14.2. The number of nitrogens with two attached hydrogens (primary N) is 1. The molecule has 1 unspecified atom stereocenters. The van der Waals surface area contributed by atoms with Crippen LogP contribution in [0.25, 0.3) is 0 Å². The van der Waals surface area contributed by atoms with Crippen molar-refractivity contribution in [3.8, 4) is 0 Å². The van der Waals surface area contributed by atoms with Gasteiger partial charge in [-0.2, -0.15) is 0 Å². The normalized spacial score (nSPS) is 17.8. The predicted octanol–water partition coefficient (Wildman–Crippen LogP) is 3.54. The summed E-state index contributed by atoms with van der Waals surface area (Å²) in [4.78, 5) is 0. The Morgan fingerprint density at radius 3 is 2.30 bits per heavy atom. The Kier molecular flexibility index (Phi) is 3.36. The quantitative estimate of drug-likeness (QED) is 0.656. The van der Waals surface area contributed by atoms with Gasteiger partial charge in [0.1, 0.15) is 0 Å². The van der Waals surface area contributed by atoms with Gasteiger partial charge in [-0.05, 0) is 48.9 Å². The number of hydrogen-bond acceptors (Lipinski definition) is 2. The lowest BCUT2D eigenvalue weighted by Gasteiger charge is -2.29. The lowest BCUT2D eigenvalue weighted by molar-refractivity contribution is 0.437. The van der Waals surface area contributed by atoms with Crippen LogP contribution in [0.2, 0.25) is 0 Å². The largest absolute Gasteiger partial charge is 0.271 e. The molecule has 1 atom stereocenters. The summed E-state index contributed by atoms with van der Waals surface area (Å²) in [5.41, 5.74) is 8.64. The summed E-state index contributed by atoms with van der Waals surface area (Å²) < 4.78 is 0. The molecule has 104 valence electrons. The molecule has 0 bridgehead atoms. The number of hydrazine groups is 1. The fourth-order valence-corrected chi connectivity index (χ4v) is 3.28. The molecule has 2 aromatic rings. The molecule has 3 N–H and O–H groups in total. The van der Waals surface area contributed by atoms with Gasteiger partial charge >= 0.3 is 0 Å². The van der Waals surface area contributed by atoms with E-state index in [1.807, 2.05) is 0 Å². The minimum Gasteiger partial charge on any atom is -0.271 e. The van der Waals surface area contributed by atoms with E-state index >= 15 is 0 Å². The second-order valence-corrected chi connectivity index (χ2v) is 5.91. The van der Waals surface area contributed by atoms with Gasteiger partial charge in [0, 0.05) is 5.41 Å². The molecule has 3 rings (SSSR count). The van der Waals surface area contributed by atoms with Gasteiger partial charge < -0.3 is 0 Å². The molecule has 0 aromatic heterocycles. The summed E-state index contributed by atoms with van der Waals surface area (Å²) in [6.07, 6.45) is 2.39. The molecule has 20 heavy (non-hydrogen) atoms. The summed E-state index contributed by atoms with van der Waals surface area (Å²) in [6.45, 7) is 4.35. The number of benzene rings is 2. The van der Waals surface area contributed by atoms with E-state index in [-0.39, 0.29) is 11.5 Å². The molecule has 0 spiro atoms. The number of hydrogen-bond donors (Lipinski definition) is 2. The van der Waals surface area contributed by atoms with Gasteiger partial charge in [-0.25, -0.2) is 0 Å². The maximum absolute atomic E-state index is 5.94. The zero-order valence-electron chi connectivity index (χ0n) is 12.2. The van der Waals surface area contributed by atoms with E-state index in [1.165, 1.54) is 35.1 Å². The summed E-state index contributed by atoms with van der Waals surface area (Å²) >= 11 is 0. The van der Waals surface area contributed by atoms with Crippen molar-refractivity contribution in [3.05, 3.63) is 70.8 Å². The van der Waals surface area contributed by atoms with Crippen molar-refractivity contribution in [1.82, 2.24) is 5.43 Å². The van der Waals surface area contributed by atoms with Gasteiger partial charge in [-0.3, -0.25) is 11.3 Å². The highest BCUT2D eigenvalue weighted by Gasteiger charge is 2.51. The van der Waals surface area contributed by atoms with E-state index in [0.717, 1.165) is 0 Å². The third kappa shape index (κ3) is 2.05. The van der Waals surface area contributed by atoms with Crippen LogP contribution >= 0.6 is 0 Å². The molecule has 1 fully saturated rings. The number of nitrogens with one attached hydrogen (secondary N) is 1. The molecule has 2 nitrogen and oxygen atoms in total. The fraction of sp³-hybridized carbons (Fsp3) is 0.333. The third-order valence-corrected chi connectivity index (χ3v) is 4.81. The van der Waals surface area contributed by atoms with Crippen LogP contribution in [-0.2, 0) is 5.41 Å². The first-order chi connectivity index (χ1) is 9.69. The Morgan fingerprint density at radius 2 is 1.70 bits per heavy atom. The van der Waals surface area contributed by atoms with E-state index in [9.17, 15) is 0 Å². The highest BCUT2D eigenvalue weighted by atomic mass is 15.2. The minimum absolute atomic E-state index is 0.161. The lowest BCUT2D eigenvalue weighted by atomic mass is 9.82. The van der Waals surface area contributed by atoms with Gasteiger partial charge in [0.05, 0.1) is 6.04 Å². The van der Waals surface area contributed by atoms with Crippen molar-refractivity contribution in [2.24, 2.45) is 5.84 Å². The summed E-state index contributed by atoms with van der Waals surface area (Å²) in [6, 6.07) is 17.4. The molecule has 0 aliphatic heterocycles. The van der Waals surface area contributed by atoms with Crippen molar-refractivity contribution >= 4 is 0 Å². The fourth-order valence-electron chi connectivity index (χ4n) is 3.28. The molecule has 1 aliphatic rings. The van der Waals surface area contributed by atoms with Crippen LogP contribution in [0.4, 0.5) is 0 Å². The Morgan fingerprint density at radius 1 is 1.00 bits per heavy atom. The molecular formula is C18H22N2. The molecular weight excluding hydrogens is 244 g/mol. The van der Waals surface area contributed by atoms with Gasteiger partial charge in [0.15, 0.2) is 0 Å². The Bertz CT molecular complexity index is 600. The van der Waals surface area contributed by atoms with Crippen LogP contribution in [0.1, 0.15) is 41.1 Å². The molecule has 2 heteroatoms. The van der Waals surface area contributed by atoms with Crippen LogP contribution in [0.3, 0.4) is 0 Å². The molecule has 0 radical (unpaired) electrons. The third-order valence-electron chi connectivity index (χ3n) is 4.81. The van der Waals surface area contributed by atoms with Crippen LogP contribution in [-0.4, -0.2) is 0 Å². The first-order valence-corrected chi connectivity index (χ1v) is 7.27.